The van der Waals surface area contributed by atoms with Gasteiger partial charge in [0.2, 0.25) is 0 Å². The molecule has 0 fully saturated rings. The topological polar surface area (TPSA) is 64.3 Å². The van der Waals surface area contributed by atoms with Crippen LogP contribution in [0.4, 0.5) is 0 Å². The molecule has 4 nitrogen and oxygen atoms in total. The van der Waals surface area contributed by atoms with E-state index in [0.717, 1.165) is 5.56 Å². The quantitative estimate of drug-likeness (QED) is 0.739. The first-order valence-corrected chi connectivity index (χ1v) is 5.32. The molecule has 1 amide bonds. The molecule has 1 rings (SSSR count). The summed E-state index contributed by atoms with van der Waals surface area (Å²) in [4.78, 5) is 11.3. The summed E-state index contributed by atoms with van der Waals surface area (Å²) in [5.41, 5.74) is 6.67. The van der Waals surface area contributed by atoms with Crippen molar-refractivity contribution < 1.29 is 9.53 Å². The largest absolute Gasteiger partial charge is 0.483 e. The Kier molecular flexibility index (Phi) is 5.05. The number of hydrogen-bond donors (Lipinski definition) is 2. The lowest BCUT2D eigenvalue weighted by Crippen LogP contribution is -2.29. The highest BCUT2D eigenvalue weighted by Crippen LogP contribution is 2.22. The summed E-state index contributed by atoms with van der Waals surface area (Å²) in [6.07, 6.45) is 5.03. The van der Waals surface area contributed by atoms with Crippen LogP contribution in [0.15, 0.2) is 24.3 Å². The number of hydrogen-bond acceptors (Lipinski definition) is 3. The second-order valence-electron chi connectivity index (χ2n) is 3.60. The fraction of sp³-hybridized carbons (Fsp3) is 0.308. The standard InChI is InChI=1S/C13H16N2O2/c1-3-8-15-13(16)9-17-12-7-5-4-6-11(12)10(2)14/h1,4-7,10H,8-9,14H2,2H3,(H,15,16). The highest BCUT2D eigenvalue weighted by Gasteiger charge is 2.08. The van der Waals surface area contributed by atoms with Gasteiger partial charge in [-0.25, -0.2) is 0 Å². The summed E-state index contributed by atoms with van der Waals surface area (Å²) in [6.45, 7) is 2.00. The Labute approximate surface area is 101 Å². The normalized spacial score (nSPS) is 11.4. The molecule has 0 bridgehead atoms. The van der Waals surface area contributed by atoms with E-state index < -0.39 is 0 Å². The van der Waals surface area contributed by atoms with E-state index in [-0.39, 0.29) is 25.1 Å². The average Bonchev–Trinajstić information content (AvgIpc) is 2.34. The molecular weight excluding hydrogens is 216 g/mol. The molecule has 0 spiro atoms. The van der Waals surface area contributed by atoms with E-state index in [1.165, 1.54) is 0 Å². The minimum Gasteiger partial charge on any atom is -0.483 e. The molecule has 90 valence electrons. The van der Waals surface area contributed by atoms with E-state index in [1.807, 2.05) is 25.1 Å². The maximum atomic E-state index is 11.3. The van der Waals surface area contributed by atoms with E-state index in [2.05, 4.69) is 11.2 Å². The van der Waals surface area contributed by atoms with Crippen LogP contribution in [-0.4, -0.2) is 19.1 Å². The van der Waals surface area contributed by atoms with Crippen molar-refractivity contribution in [3.8, 4) is 18.1 Å². The van der Waals surface area contributed by atoms with Crippen molar-refractivity contribution in [3.05, 3.63) is 29.8 Å². The highest BCUT2D eigenvalue weighted by atomic mass is 16.5. The van der Waals surface area contributed by atoms with Crippen molar-refractivity contribution in [1.82, 2.24) is 5.32 Å². The van der Waals surface area contributed by atoms with Crippen molar-refractivity contribution in [2.75, 3.05) is 13.2 Å². The first kappa shape index (κ1) is 13.1. The van der Waals surface area contributed by atoms with Crippen molar-refractivity contribution >= 4 is 5.91 Å². The fourth-order valence-electron chi connectivity index (χ4n) is 1.33. The summed E-state index contributed by atoms with van der Waals surface area (Å²) in [7, 11) is 0. The number of terminal acetylenes is 1. The lowest BCUT2D eigenvalue weighted by atomic mass is 10.1. The van der Waals surface area contributed by atoms with Crippen LogP contribution in [0, 0.1) is 12.3 Å². The van der Waals surface area contributed by atoms with Gasteiger partial charge in [0.1, 0.15) is 5.75 Å². The molecule has 0 aliphatic heterocycles. The molecule has 1 atom stereocenters. The van der Waals surface area contributed by atoms with Gasteiger partial charge in [-0.05, 0) is 13.0 Å². The Morgan fingerprint density at radius 1 is 1.59 bits per heavy atom. The smallest absolute Gasteiger partial charge is 0.258 e. The Balaban J connectivity index is 2.57. The maximum absolute atomic E-state index is 11.3. The summed E-state index contributed by atoms with van der Waals surface area (Å²) < 4.78 is 5.40. The number of amides is 1. The second kappa shape index (κ2) is 6.56. The Hall–Kier alpha value is -1.99. The first-order chi connectivity index (χ1) is 8.15. The van der Waals surface area contributed by atoms with Gasteiger partial charge < -0.3 is 15.8 Å². The van der Waals surface area contributed by atoms with Gasteiger partial charge in [-0.1, -0.05) is 24.1 Å². The first-order valence-electron chi connectivity index (χ1n) is 5.32. The maximum Gasteiger partial charge on any atom is 0.258 e. The van der Waals surface area contributed by atoms with Crippen LogP contribution in [0.2, 0.25) is 0 Å². The van der Waals surface area contributed by atoms with Crippen molar-refractivity contribution in [2.45, 2.75) is 13.0 Å². The number of carbonyl (C=O) groups is 1. The van der Waals surface area contributed by atoms with Crippen molar-refractivity contribution in [1.29, 1.82) is 0 Å². The number of para-hydroxylation sites is 1. The molecule has 0 aliphatic rings. The minimum absolute atomic E-state index is 0.0641. The van der Waals surface area contributed by atoms with E-state index in [1.54, 1.807) is 6.07 Å². The predicted octanol–water partition coefficient (Wildman–Crippen LogP) is 0.834. The molecule has 1 unspecified atom stereocenters. The molecule has 0 aromatic heterocycles. The Bertz CT molecular complexity index is 422. The third-order valence-electron chi connectivity index (χ3n) is 2.16. The van der Waals surface area contributed by atoms with Gasteiger partial charge in [-0.2, -0.15) is 0 Å². The molecular formula is C13H16N2O2. The van der Waals surface area contributed by atoms with E-state index in [9.17, 15) is 4.79 Å². The number of nitrogens with one attached hydrogen (secondary N) is 1. The zero-order chi connectivity index (χ0) is 12.7. The van der Waals surface area contributed by atoms with Crippen molar-refractivity contribution in [2.24, 2.45) is 5.73 Å². The van der Waals surface area contributed by atoms with Crippen LogP contribution in [0.1, 0.15) is 18.5 Å². The second-order valence-corrected chi connectivity index (χ2v) is 3.60. The molecule has 0 radical (unpaired) electrons. The molecule has 0 saturated carbocycles. The van der Waals surface area contributed by atoms with Gasteiger partial charge in [0.15, 0.2) is 6.61 Å². The third kappa shape index (κ3) is 4.17. The number of rotatable bonds is 5. The monoisotopic (exact) mass is 232 g/mol. The lowest BCUT2D eigenvalue weighted by Gasteiger charge is -2.13. The predicted molar refractivity (Wildman–Crippen MR) is 66.4 cm³/mol. The molecule has 1 aromatic carbocycles. The molecule has 17 heavy (non-hydrogen) atoms. The number of nitrogens with two attached hydrogens (primary N) is 1. The fourth-order valence-corrected chi connectivity index (χ4v) is 1.33. The molecule has 0 aliphatic carbocycles. The third-order valence-corrected chi connectivity index (χ3v) is 2.16. The van der Waals surface area contributed by atoms with Gasteiger partial charge >= 0.3 is 0 Å². The number of ether oxygens (including phenoxy) is 1. The van der Waals surface area contributed by atoms with Gasteiger partial charge in [-0.15, -0.1) is 6.42 Å². The van der Waals surface area contributed by atoms with E-state index >= 15 is 0 Å². The van der Waals surface area contributed by atoms with Crippen LogP contribution in [0.5, 0.6) is 5.75 Å². The molecule has 0 heterocycles. The van der Waals surface area contributed by atoms with Crippen LogP contribution < -0.4 is 15.8 Å². The molecule has 1 aromatic rings. The summed E-state index contributed by atoms with van der Waals surface area (Å²) in [6, 6.07) is 7.23. The average molecular weight is 232 g/mol. The van der Waals surface area contributed by atoms with Gasteiger partial charge in [0.25, 0.3) is 5.91 Å². The van der Waals surface area contributed by atoms with Gasteiger partial charge in [0, 0.05) is 11.6 Å². The van der Waals surface area contributed by atoms with Gasteiger partial charge in [-0.3, -0.25) is 4.79 Å². The molecule has 4 heteroatoms. The van der Waals surface area contributed by atoms with Crippen LogP contribution in [0.25, 0.3) is 0 Å². The summed E-state index contributed by atoms with van der Waals surface area (Å²) in [5.74, 6) is 2.69. The Morgan fingerprint density at radius 2 is 2.29 bits per heavy atom. The highest BCUT2D eigenvalue weighted by molar-refractivity contribution is 5.77. The Morgan fingerprint density at radius 3 is 2.94 bits per heavy atom. The van der Waals surface area contributed by atoms with Crippen LogP contribution >= 0.6 is 0 Å². The zero-order valence-corrected chi connectivity index (χ0v) is 9.77. The number of carbonyl (C=O) groups excluding carboxylic acids is 1. The summed E-state index contributed by atoms with van der Waals surface area (Å²) >= 11 is 0. The zero-order valence-electron chi connectivity index (χ0n) is 9.77. The van der Waals surface area contributed by atoms with Gasteiger partial charge in [0.05, 0.1) is 6.54 Å². The lowest BCUT2D eigenvalue weighted by molar-refractivity contribution is -0.122. The van der Waals surface area contributed by atoms with Crippen molar-refractivity contribution in [3.63, 3.8) is 0 Å². The minimum atomic E-state index is -0.248. The number of benzene rings is 1. The summed E-state index contributed by atoms with van der Waals surface area (Å²) in [5, 5.41) is 2.52. The SMILES string of the molecule is C#CCNC(=O)COc1ccccc1C(C)N. The van der Waals surface area contributed by atoms with Crippen LogP contribution in [0.3, 0.4) is 0 Å². The molecule has 3 N–H and O–H groups in total. The molecule has 0 saturated heterocycles. The van der Waals surface area contributed by atoms with Crippen LogP contribution in [-0.2, 0) is 4.79 Å². The van der Waals surface area contributed by atoms with E-state index in [4.69, 9.17) is 16.9 Å². The van der Waals surface area contributed by atoms with E-state index in [0.29, 0.717) is 5.75 Å².